The highest BCUT2D eigenvalue weighted by Gasteiger charge is 2.38. The molecule has 1 aliphatic carbocycles. The van der Waals surface area contributed by atoms with Gasteiger partial charge in [-0.15, -0.1) is 0 Å². The standard InChI is InChI=1S/C10H20.C2H6/c1-4-6-10(5-2)7-9(3)8-10;1-2/h9H,4-8H2,1-3H3;1-2H3. The zero-order valence-corrected chi connectivity index (χ0v) is 9.61. The average Bonchev–Trinajstić information content (AvgIpc) is 2.05. The quantitative estimate of drug-likeness (QED) is 0.579. The lowest BCUT2D eigenvalue weighted by atomic mass is 9.59. The van der Waals surface area contributed by atoms with Crippen molar-refractivity contribution >= 4 is 0 Å². The van der Waals surface area contributed by atoms with E-state index in [9.17, 15) is 0 Å². The van der Waals surface area contributed by atoms with Gasteiger partial charge in [-0.3, -0.25) is 0 Å². The summed E-state index contributed by atoms with van der Waals surface area (Å²) in [5, 5.41) is 0. The van der Waals surface area contributed by atoms with Gasteiger partial charge in [0.25, 0.3) is 0 Å². The fourth-order valence-electron chi connectivity index (χ4n) is 2.62. The van der Waals surface area contributed by atoms with Crippen molar-refractivity contribution in [1.29, 1.82) is 0 Å². The highest BCUT2D eigenvalue weighted by atomic mass is 14.4. The predicted octanol–water partition coefficient (Wildman–Crippen LogP) is 4.64. The van der Waals surface area contributed by atoms with Crippen molar-refractivity contribution in [2.24, 2.45) is 11.3 Å². The van der Waals surface area contributed by atoms with Gasteiger partial charge in [-0.1, -0.05) is 47.5 Å². The molecule has 0 heterocycles. The van der Waals surface area contributed by atoms with E-state index < -0.39 is 0 Å². The van der Waals surface area contributed by atoms with Crippen LogP contribution in [0.3, 0.4) is 0 Å². The van der Waals surface area contributed by atoms with E-state index >= 15 is 0 Å². The maximum atomic E-state index is 2.38. The molecule has 0 nitrogen and oxygen atoms in total. The molecule has 0 aromatic carbocycles. The summed E-state index contributed by atoms with van der Waals surface area (Å²) in [7, 11) is 0. The lowest BCUT2D eigenvalue weighted by molar-refractivity contribution is 0.0504. The average molecular weight is 170 g/mol. The minimum Gasteiger partial charge on any atom is -0.0683 e. The second-order valence-electron chi connectivity index (χ2n) is 4.12. The van der Waals surface area contributed by atoms with E-state index in [1.165, 1.54) is 32.1 Å². The molecule has 12 heavy (non-hydrogen) atoms. The van der Waals surface area contributed by atoms with Crippen molar-refractivity contribution < 1.29 is 0 Å². The lowest BCUT2D eigenvalue weighted by Crippen LogP contribution is -2.34. The Labute approximate surface area is 78.8 Å². The smallest absolute Gasteiger partial charge is 0.0295 e. The molecule has 1 fully saturated rings. The molecule has 0 aromatic heterocycles. The van der Waals surface area contributed by atoms with E-state index in [0.29, 0.717) is 0 Å². The van der Waals surface area contributed by atoms with E-state index in [1.807, 2.05) is 13.8 Å². The molecule has 1 rings (SSSR count). The molecule has 0 amide bonds. The third-order valence-corrected chi connectivity index (χ3v) is 3.09. The second kappa shape index (κ2) is 5.61. The Kier molecular flexibility index (Phi) is 5.61. The van der Waals surface area contributed by atoms with Crippen molar-refractivity contribution in [2.75, 3.05) is 0 Å². The van der Waals surface area contributed by atoms with Crippen molar-refractivity contribution in [1.82, 2.24) is 0 Å². The molecule has 0 unspecified atom stereocenters. The van der Waals surface area contributed by atoms with Crippen LogP contribution in [0.5, 0.6) is 0 Å². The molecule has 0 atom stereocenters. The molecule has 0 spiro atoms. The van der Waals surface area contributed by atoms with Crippen LogP contribution in [0.25, 0.3) is 0 Å². The van der Waals surface area contributed by atoms with Gasteiger partial charge < -0.3 is 0 Å². The molecule has 0 bridgehead atoms. The first-order chi connectivity index (χ1) is 5.72. The van der Waals surface area contributed by atoms with Crippen molar-refractivity contribution in [3.05, 3.63) is 0 Å². The Hall–Kier alpha value is 0. The Balaban J connectivity index is 0.000000561. The van der Waals surface area contributed by atoms with Crippen LogP contribution < -0.4 is 0 Å². The van der Waals surface area contributed by atoms with E-state index in [4.69, 9.17) is 0 Å². The molecule has 1 aliphatic rings. The minimum absolute atomic E-state index is 0.786. The Morgan fingerprint density at radius 1 is 1.17 bits per heavy atom. The van der Waals surface area contributed by atoms with Gasteiger partial charge in [-0.25, -0.2) is 0 Å². The zero-order valence-electron chi connectivity index (χ0n) is 9.61. The lowest BCUT2D eigenvalue weighted by Gasteiger charge is -2.46. The Bertz CT molecular complexity index is 93.1. The van der Waals surface area contributed by atoms with Crippen LogP contribution in [0.1, 0.15) is 66.7 Å². The SMILES string of the molecule is CC.CCCC1(CC)CC(C)C1. The van der Waals surface area contributed by atoms with Crippen molar-refractivity contribution in [3.8, 4) is 0 Å². The monoisotopic (exact) mass is 170 g/mol. The molecule has 1 saturated carbocycles. The number of hydrogen-bond acceptors (Lipinski definition) is 0. The van der Waals surface area contributed by atoms with Crippen LogP contribution in [0.4, 0.5) is 0 Å². The highest BCUT2D eigenvalue weighted by Crippen LogP contribution is 2.50. The van der Waals surface area contributed by atoms with E-state index in [-0.39, 0.29) is 0 Å². The molecule has 0 heteroatoms. The van der Waals surface area contributed by atoms with Crippen molar-refractivity contribution in [3.63, 3.8) is 0 Å². The van der Waals surface area contributed by atoms with Crippen LogP contribution in [-0.4, -0.2) is 0 Å². The minimum atomic E-state index is 0.786. The van der Waals surface area contributed by atoms with E-state index in [2.05, 4.69) is 20.8 Å². The first-order valence-electron chi connectivity index (χ1n) is 5.72. The number of rotatable bonds is 3. The van der Waals surface area contributed by atoms with Gasteiger partial charge >= 0.3 is 0 Å². The topological polar surface area (TPSA) is 0 Å². The van der Waals surface area contributed by atoms with Crippen LogP contribution >= 0.6 is 0 Å². The second-order valence-corrected chi connectivity index (χ2v) is 4.12. The fraction of sp³-hybridized carbons (Fsp3) is 1.00. The normalized spacial score (nSPS) is 33.2. The maximum Gasteiger partial charge on any atom is -0.0295 e. The largest absolute Gasteiger partial charge is 0.0683 e. The summed E-state index contributed by atoms with van der Waals surface area (Å²) in [6.07, 6.45) is 7.24. The molecule has 0 aliphatic heterocycles. The third-order valence-electron chi connectivity index (χ3n) is 3.09. The Morgan fingerprint density at radius 2 is 1.67 bits per heavy atom. The molecular weight excluding hydrogens is 144 g/mol. The molecule has 0 saturated heterocycles. The molecule has 0 radical (unpaired) electrons. The molecule has 0 aromatic rings. The maximum absolute atomic E-state index is 2.38. The van der Waals surface area contributed by atoms with Crippen LogP contribution in [0, 0.1) is 11.3 Å². The summed E-state index contributed by atoms with van der Waals surface area (Å²) in [5.74, 6) is 1.02. The summed E-state index contributed by atoms with van der Waals surface area (Å²) in [4.78, 5) is 0. The number of hydrogen-bond donors (Lipinski definition) is 0. The summed E-state index contributed by atoms with van der Waals surface area (Å²) in [5.41, 5.74) is 0.786. The first-order valence-corrected chi connectivity index (χ1v) is 5.72. The molecule has 0 N–H and O–H groups in total. The zero-order chi connectivity index (χ0) is 9.61. The van der Waals surface area contributed by atoms with Crippen LogP contribution in [-0.2, 0) is 0 Å². The Morgan fingerprint density at radius 3 is 1.92 bits per heavy atom. The van der Waals surface area contributed by atoms with Gasteiger partial charge in [0.1, 0.15) is 0 Å². The fourth-order valence-corrected chi connectivity index (χ4v) is 2.62. The summed E-state index contributed by atoms with van der Waals surface area (Å²) in [6, 6.07) is 0. The van der Waals surface area contributed by atoms with E-state index in [0.717, 1.165) is 11.3 Å². The molecular formula is C12H26. The van der Waals surface area contributed by atoms with Gasteiger partial charge in [0.15, 0.2) is 0 Å². The highest BCUT2D eigenvalue weighted by molar-refractivity contribution is 4.90. The van der Waals surface area contributed by atoms with Gasteiger partial charge in [0.05, 0.1) is 0 Å². The summed E-state index contributed by atoms with van der Waals surface area (Å²) in [6.45, 7) is 11.0. The van der Waals surface area contributed by atoms with Crippen LogP contribution in [0.15, 0.2) is 0 Å². The van der Waals surface area contributed by atoms with Crippen molar-refractivity contribution in [2.45, 2.75) is 66.7 Å². The van der Waals surface area contributed by atoms with Gasteiger partial charge in [-0.05, 0) is 30.6 Å². The summed E-state index contributed by atoms with van der Waals surface area (Å²) < 4.78 is 0. The van der Waals surface area contributed by atoms with Gasteiger partial charge in [0, 0.05) is 0 Å². The van der Waals surface area contributed by atoms with E-state index in [1.54, 1.807) is 0 Å². The van der Waals surface area contributed by atoms with Gasteiger partial charge in [0.2, 0.25) is 0 Å². The molecule has 74 valence electrons. The van der Waals surface area contributed by atoms with Crippen LogP contribution in [0.2, 0.25) is 0 Å². The first kappa shape index (κ1) is 12.0. The summed E-state index contributed by atoms with van der Waals surface area (Å²) >= 11 is 0. The predicted molar refractivity (Wildman–Crippen MR) is 57.4 cm³/mol. The third kappa shape index (κ3) is 2.80. The van der Waals surface area contributed by atoms with Gasteiger partial charge in [-0.2, -0.15) is 0 Å².